The summed E-state index contributed by atoms with van der Waals surface area (Å²) < 4.78 is 26.9. The molecule has 0 spiro atoms. The third kappa shape index (κ3) is 4.86. The summed E-state index contributed by atoms with van der Waals surface area (Å²) in [6.07, 6.45) is 1.00. The Labute approximate surface area is 172 Å². The van der Waals surface area contributed by atoms with Gasteiger partial charge in [-0.15, -0.1) is 0 Å². The number of sulfonamides is 1. The standard InChI is InChI=1S/C22H27N3O3S/c26-22(17-23-11-10-20-8-4-5-9-21(20)16-23)24-12-14-25(15-13-24)29(27,28)18-19-6-2-1-3-7-19/h1-9H,10-18H2/p+1. The van der Waals surface area contributed by atoms with Crippen LogP contribution in [0.15, 0.2) is 54.6 Å². The van der Waals surface area contributed by atoms with Crippen LogP contribution in [0.3, 0.4) is 0 Å². The maximum Gasteiger partial charge on any atom is 0.277 e. The van der Waals surface area contributed by atoms with Crippen LogP contribution in [0.25, 0.3) is 0 Å². The van der Waals surface area contributed by atoms with Gasteiger partial charge >= 0.3 is 0 Å². The van der Waals surface area contributed by atoms with E-state index in [1.807, 2.05) is 35.2 Å². The highest BCUT2D eigenvalue weighted by Crippen LogP contribution is 2.14. The van der Waals surface area contributed by atoms with Crippen LogP contribution >= 0.6 is 0 Å². The summed E-state index contributed by atoms with van der Waals surface area (Å²) in [5.41, 5.74) is 3.51. The first-order valence-corrected chi connectivity index (χ1v) is 11.8. The van der Waals surface area contributed by atoms with E-state index in [1.54, 1.807) is 0 Å². The lowest BCUT2D eigenvalue weighted by atomic mass is 10.00. The topological polar surface area (TPSA) is 62.1 Å². The predicted molar refractivity (Wildman–Crippen MR) is 112 cm³/mol. The van der Waals surface area contributed by atoms with Crippen molar-refractivity contribution in [3.8, 4) is 0 Å². The highest BCUT2D eigenvalue weighted by atomic mass is 32.2. The molecule has 0 aromatic heterocycles. The second-order valence-electron chi connectivity index (χ2n) is 7.89. The lowest BCUT2D eigenvalue weighted by Crippen LogP contribution is -3.12. The Morgan fingerprint density at radius 1 is 0.897 bits per heavy atom. The molecule has 29 heavy (non-hydrogen) atoms. The minimum absolute atomic E-state index is 0.0130. The lowest BCUT2D eigenvalue weighted by Gasteiger charge is -2.35. The highest BCUT2D eigenvalue weighted by Gasteiger charge is 2.31. The number of rotatable bonds is 5. The third-order valence-electron chi connectivity index (χ3n) is 5.88. The molecule has 2 aliphatic rings. The van der Waals surface area contributed by atoms with E-state index >= 15 is 0 Å². The van der Waals surface area contributed by atoms with Crippen LogP contribution in [0.1, 0.15) is 16.7 Å². The molecule has 2 aromatic carbocycles. The van der Waals surface area contributed by atoms with Crippen molar-refractivity contribution in [2.45, 2.75) is 18.7 Å². The van der Waals surface area contributed by atoms with Gasteiger partial charge in [-0.25, -0.2) is 8.42 Å². The number of hydrogen-bond donors (Lipinski definition) is 1. The van der Waals surface area contributed by atoms with Gasteiger partial charge in [0, 0.05) is 38.2 Å². The largest absolute Gasteiger partial charge is 0.335 e. The molecule has 1 saturated heterocycles. The zero-order valence-electron chi connectivity index (χ0n) is 16.6. The minimum atomic E-state index is -3.36. The number of carbonyl (C=O) groups is 1. The van der Waals surface area contributed by atoms with Crippen molar-refractivity contribution in [1.29, 1.82) is 0 Å². The first-order chi connectivity index (χ1) is 14.0. The SMILES string of the molecule is O=C(C[NH+]1CCc2ccccc2C1)N1CCN(S(=O)(=O)Cc2ccccc2)CC1. The minimum Gasteiger partial charge on any atom is -0.335 e. The molecule has 0 bridgehead atoms. The van der Waals surface area contributed by atoms with Gasteiger partial charge in [-0.05, 0) is 11.1 Å². The number of carbonyl (C=O) groups excluding carboxylic acids is 1. The number of amides is 1. The van der Waals surface area contributed by atoms with Crippen molar-refractivity contribution >= 4 is 15.9 Å². The summed E-state index contributed by atoms with van der Waals surface area (Å²) >= 11 is 0. The summed E-state index contributed by atoms with van der Waals surface area (Å²) in [4.78, 5) is 15.9. The van der Waals surface area contributed by atoms with E-state index in [-0.39, 0.29) is 11.7 Å². The molecule has 2 heterocycles. The predicted octanol–water partition coefficient (Wildman–Crippen LogP) is 0.302. The van der Waals surface area contributed by atoms with Gasteiger partial charge in [0.25, 0.3) is 5.91 Å². The fraction of sp³-hybridized carbons (Fsp3) is 0.409. The van der Waals surface area contributed by atoms with Gasteiger partial charge in [0.2, 0.25) is 10.0 Å². The van der Waals surface area contributed by atoms with E-state index in [2.05, 4.69) is 24.3 Å². The van der Waals surface area contributed by atoms with Crippen molar-refractivity contribution in [2.75, 3.05) is 39.3 Å². The van der Waals surface area contributed by atoms with Crippen molar-refractivity contribution in [3.05, 3.63) is 71.3 Å². The molecule has 1 fully saturated rings. The summed E-state index contributed by atoms with van der Waals surface area (Å²) in [6, 6.07) is 17.7. The fourth-order valence-electron chi connectivity index (χ4n) is 4.21. The molecular weight excluding hydrogens is 386 g/mol. The van der Waals surface area contributed by atoms with Gasteiger partial charge in [-0.3, -0.25) is 4.79 Å². The zero-order valence-corrected chi connectivity index (χ0v) is 17.4. The van der Waals surface area contributed by atoms with Gasteiger partial charge in [0.1, 0.15) is 6.54 Å². The molecule has 4 rings (SSSR count). The van der Waals surface area contributed by atoms with Gasteiger partial charge in [-0.1, -0.05) is 54.6 Å². The quantitative estimate of drug-likeness (QED) is 0.766. The number of nitrogens with one attached hydrogen (secondary N) is 1. The van der Waals surface area contributed by atoms with E-state index in [1.165, 1.54) is 20.3 Å². The number of nitrogens with zero attached hydrogens (tertiary/aromatic N) is 2. The van der Waals surface area contributed by atoms with Crippen LogP contribution in [-0.2, 0) is 33.5 Å². The van der Waals surface area contributed by atoms with E-state index in [0.29, 0.717) is 32.7 Å². The van der Waals surface area contributed by atoms with E-state index in [9.17, 15) is 13.2 Å². The lowest BCUT2D eigenvalue weighted by molar-refractivity contribution is -0.908. The van der Waals surface area contributed by atoms with Gasteiger partial charge in [0.15, 0.2) is 6.54 Å². The molecule has 2 aromatic rings. The van der Waals surface area contributed by atoms with E-state index in [0.717, 1.165) is 25.1 Å². The summed E-state index contributed by atoms with van der Waals surface area (Å²) in [5, 5.41) is 0. The molecule has 6 nitrogen and oxygen atoms in total. The zero-order chi connectivity index (χ0) is 20.3. The molecule has 1 amide bonds. The fourth-order valence-corrected chi connectivity index (χ4v) is 5.73. The first-order valence-electron chi connectivity index (χ1n) is 10.2. The van der Waals surface area contributed by atoms with E-state index < -0.39 is 10.0 Å². The van der Waals surface area contributed by atoms with Crippen molar-refractivity contribution in [2.24, 2.45) is 0 Å². The molecule has 1 N–H and O–H groups in total. The number of benzene rings is 2. The molecule has 7 heteroatoms. The smallest absolute Gasteiger partial charge is 0.277 e. The van der Waals surface area contributed by atoms with Crippen LogP contribution in [0.2, 0.25) is 0 Å². The number of piperazine rings is 1. The monoisotopic (exact) mass is 414 g/mol. The molecular formula is C22H28N3O3S+. The van der Waals surface area contributed by atoms with Gasteiger partial charge in [0.05, 0.1) is 12.3 Å². The maximum atomic E-state index is 12.8. The maximum absolute atomic E-state index is 12.8. The number of fused-ring (bicyclic) bond motifs is 1. The molecule has 154 valence electrons. The highest BCUT2D eigenvalue weighted by molar-refractivity contribution is 7.88. The Morgan fingerprint density at radius 2 is 1.55 bits per heavy atom. The van der Waals surface area contributed by atoms with Crippen LogP contribution in [-0.4, -0.2) is 62.8 Å². The molecule has 0 saturated carbocycles. The summed E-state index contributed by atoms with van der Waals surface area (Å²) in [7, 11) is -3.36. The average molecular weight is 415 g/mol. The van der Waals surface area contributed by atoms with Crippen molar-refractivity contribution < 1.29 is 18.1 Å². The Kier molecular flexibility index (Phi) is 5.99. The van der Waals surface area contributed by atoms with E-state index in [4.69, 9.17) is 0 Å². The van der Waals surface area contributed by atoms with Crippen LogP contribution in [0.5, 0.6) is 0 Å². The third-order valence-corrected chi connectivity index (χ3v) is 7.73. The number of quaternary nitrogens is 1. The van der Waals surface area contributed by atoms with Crippen LogP contribution in [0.4, 0.5) is 0 Å². The van der Waals surface area contributed by atoms with Gasteiger partial charge < -0.3 is 9.80 Å². The van der Waals surface area contributed by atoms with Crippen molar-refractivity contribution in [3.63, 3.8) is 0 Å². The molecule has 1 unspecified atom stereocenters. The van der Waals surface area contributed by atoms with Crippen LogP contribution in [0, 0.1) is 0 Å². The molecule has 2 aliphatic heterocycles. The van der Waals surface area contributed by atoms with Gasteiger partial charge in [-0.2, -0.15) is 4.31 Å². The van der Waals surface area contributed by atoms with Crippen LogP contribution < -0.4 is 4.90 Å². The average Bonchev–Trinajstić information content (AvgIpc) is 2.74. The first kappa shape index (κ1) is 20.1. The summed E-state index contributed by atoms with van der Waals surface area (Å²) in [5.74, 6) is 0.138. The second kappa shape index (κ2) is 8.65. The molecule has 1 atom stereocenters. The molecule has 0 aliphatic carbocycles. The molecule has 0 radical (unpaired) electrons. The number of hydrogen-bond acceptors (Lipinski definition) is 3. The Balaban J connectivity index is 1.29. The summed E-state index contributed by atoms with van der Waals surface area (Å²) in [6.45, 7) is 4.01. The Morgan fingerprint density at radius 3 is 2.28 bits per heavy atom. The van der Waals surface area contributed by atoms with Crippen molar-refractivity contribution in [1.82, 2.24) is 9.21 Å². The Hall–Kier alpha value is -2.22. The Bertz CT molecular complexity index is 954. The normalized spacial score (nSPS) is 20.3. The second-order valence-corrected chi connectivity index (χ2v) is 9.86.